The first kappa shape index (κ1) is 10.8. The van der Waals surface area contributed by atoms with Crippen LogP contribution in [0, 0.1) is 17.8 Å². The van der Waals surface area contributed by atoms with E-state index in [0.717, 1.165) is 25.7 Å². The van der Waals surface area contributed by atoms with Crippen molar-refractivity contribution in [2.45, 2.75) is 38.5 Å². The third kappa shape index (κ3) is 1.98. The van der Waals surface area contributed by atoms with Crippen molar-refractivity contribution in [1.82, 2.24) is 0 Å². The van der Waals surface area contributed by atoms with Crippen LogP contribution in [0.4, 0.5) is 0 Å². The van der Waals surface area contributed by atoms with Crippen molar-refractivity contribution in [1.29, 1.82) is 0 Å². The zero-order valence-corrected chi connectivity index (χ0v) is 8.95. The van der Waals surface area contributed by atoms with Gasteiger partial charge in [-0.1, -0.05) is 6.42 Å². The molecule has 0 radical (unpaired) electrons. The first-order valence-corrected chi connectivity index (χ1v) is 5.90. The fraction of sp³-hybridized carbons (Fsp3) is 0.833. The molecule has 2 saturated carbocycles. The molecule has 2 aliphatic rings. The Balaban J connectivity index is 1.95. The summed E-state index contributed by atoms with van der Waals surface area (Å²) in [5, 5.41) is 8.70. The molecule has 3 atom stereocenters. The van der Waals surface area contributed by atoms with Crippen LogP contribution in [0.15, 0.2) is 0 Å². The number of carbonyl (C=O) groups is 2. The number of ketones is 2. The van der Waals surface area contributed by atoms with Gasteiger partial charge in [-0.05, 0) is 25.2 Å². The second kappa shape index (κ2) is 4.44. The van der Waals surface area contributed by atoms with Gasteiger partial charge in [0.2, 0.25) is 0 Å². The number of hydrogen-bond acceptors (Lipinski definition) is 3. The Morgan fingerprint density at radius 3 is 2.73 bits per heavy atom. The second-order valence-corrected chi connectivity index (χ2v) is 4.79. The average Bonchev–Trinajstić information content (AvgIpc) is 2.72. The van der Waals surface area contributed by atoms with E-state index in [1.165, 1.54) is 0 Å². The zero-order valence-electron chi connectivity index (χ0n) is 8.95. The Morgan fingerprint density at radius 2 is 2.00 bits per heavy atom. The van der Waals surface area contributed by atoms with Crippen molar-refractivity contribution in [2.75, 3.05) is 6.61 Å². The van der Waals surface area contributed by atoms with Crippen LogP contribution in [-0.4, -0.2) is 23.3 Å². The SMILES string of the molecule is O=C1CC[C@H]2C(=O)C[C@H](CCCCO)[C@@H]12. The van der Waals surface area contributed by atoms with Gasteiger partial charge in [0.05, 0.1) is 0 Å². The number of carbonyl (C=O) groups excluding carboxylic acids is 2. The summed E-state index contributed by atoms with van der Waals surface area (Å²) in [6.07, 6.45) is 4.66. The standard InChI is InChI=1S/C12H18O3/c13-6-2-1-3-8-7-11(15)9-4-5-10(14)12(8)9/h8-9,12-13H,1-7H2/t8-,9-,12+/m0/s1. The Labute approximate surface area is 89.9 Å². The number of unbranched alkanes of at least 4 members (excludes halogenated alkanes) is 1. The third-order valence-electron chi connectivity index (χ3n) is 3.87. The summed E-state index contributed by atoms with van der Waals surface area (Å²) in [5.74, 6) is 0.983. The van der Waals surface area contributed by atoms with E-state index in [-0.39, 0.29) is 24.4 Å². The molecular weight excluding hydrogens is 192 g/mol. The van der Waals surface area contributed by atoms with Gasteiger partial charge in [0.1, 0.15) is 11.6 Å². The summed E-state index contributed by atoms with van der Waals surface area (Å²) in [6, 6.07) is 0. The van der Waals surface area contributed by atoms with E-state index in [1.807, 2.05) is 0 Å². The van der Waals surface area contributed by atoms with Crippen molar-refractivity contribution >= 4 is 11.6 Å². The highest BCUT2D eigenvalue weighted by Crippen LogP contribution is 2.45. The summed E-state index contributed by atoms with van der Waals surface area (Å²) in [5.41, 5.74) is 0. The van der Waals surface area contributed by atoms with E-state index in [9.17, 15) is 9.59 Å². The maximum Gasteiger partial charge on any atom is 0.137 e. The van der Waals surface area contributed by atoms with Gasteiger partial charge in [0.15, 0.2) is 0 Å². The van der Waals surface area contributed by atoms with Crippen LogP contribution in [0.2, 0.25) is 0 Å². The van der Waals surface area contributed by atoms with Gasteiger partial charge >= 0.3 is 0 Å². The third-order valence-corrected chi connectivity index (χ3v) is 3.87. The Bertz CT molecular complexity index is 270. The minimum atomic E-state index is 0.0381. The lowest BCUT2D eigenvalue weighted by molar-refractivity contribution is -0.124. The van der Waals surface area contributed by atoms with Gasteiger partial charge in [-0.15, -0.1) is 0 Å². The van der Waals surface area contributed by atoms with E-state index >= 15 is 0 Å². The molecule has 0 unspecified atom stereocenters. The minimum Gasteiger partial charge on any atom is -0.396 e. The van der Waals surface area contributed by atoms with Crippen LogP contribution in [0.1, 0.15) is 38.5 Å². The van der Waals surface area contributed by atoms with E-state index < -0.39 is 0 Å². The van der Waals surface area contributed by atoms with Crippen molar-refractivity contribution in [3.63, 3.8) is 0 Å². The predicted molar refractivity (Wildman–Crippen MR) is 55.3 cm³/mol. The number of hydrogen-bond donors (Lipinski definition) is 1. The first-order chi connectivity index (χ1) is 7.24. The summed E-state index contributed by atoms with van der Waals surface area (Å²) >= 11 is 0. The molecule has 3 heteroatoms. The number of Topliss-reactive ketones (excluding diaryl/α,β-unsaturated/α-hetero) is 2. The molecule has 0 aromatic heterocycles. The molecule has 3 nitrogen and oxygen atoms in total. The van der Waals surface area contributed by atoms with Crippen molar-refractivity contribution in [3.8, 4) is 0 Å². The molecule has 0 saturated heterocycles. The van der Waals surface area contributed by atoms with E-state index in [4.69, 9.17) is 5.11 Å². The van der Waals surface area contributed by atoms with Crippen molar-refractivity contribution in [3.05, 3.63) is 0 Å². The van der Waals surface area contributed by atoms with Crippen LogP contribution in [0.5, 0.6) is 0 Å². The topological polar surface area (TPSA) is 54.4 Å². The van der Waals surface area contributed by atoms with Gasteiger partial charge in [0, 0.05) is 31.3 Å². The summed E-state index contributed by atoms with van der Waals surface area (Å²) in [4.78, 5) is 23.3. The molecule has 2 aliphatic carbocycles. The largest absolute Gasteiger partial charge is 0.396 e. The number of aliphatic hydroxyl groups excluding tert-OH is 1. The molecule has 0 aromatic carbocycles. The molecule has 0 spiro atoms. The lowest BCUT2D eigenvalue weighted by Gasteiger charge is -2.15. The van der Waals surface area contributed by atoms with Gasteiger partial charge in [-0.25, -0.2) is 0 Å². The molecule has 0 aliphatic heterocycles. The van der Waals surface area contributed by atoms with Crippen LogP contribution in [0.3, 0.4) is 0 Å². The maximum absolute atomic E-state index is 11.6. The quantitative estimate of drug-likeness (QED) is 0.712. The van der Waals surface area contributed by atoms with E-state index in [2.05, 4.69) is 0 Å². The Hall–Kier alpha value is -0.700. The molecule has 2 rings (SSSR count). The molecule has 15 heavy (non-hydrogen) atoms. The highest BCUT2D eigenvalue weighted by Gasteiger charge is 2.48. The fourth-order valence-corrected chi connectivity index (χ4v) is 3.16. The lowest BCUT2D eigenvalue weighted by Crippen LogP contribution is -2.18. The van der Waals surface area contributed by atoms with Crippen LogP contribution in [0.25, 0.3) is 0 Å². The average molecular weight is 210 g/mol. The molecule has 0 heterocycles. The van der Waals surface area contributed by atoms with Crippen LogP contribution < -0.4 is 0 Å². The Morgan fingerprint density at radius 1 is 1.20 bits per heavy atom. The second-order valence-electron chi connectivity index (χ2n) is 4.79. The van der Waals surface area contributed by atoms with E-state index in [0.29, 0.717) is 24.4 Å². The van der Waals surface area contributed by atoms with Gasteiger partial charge in [0.25, 0.3) is 0 Å². The molecule has 1 N–H and O–H groups in total. The van der Waals surface area contributed by atoms with Crippen molar-refractivity contribution in [2.24, 2.45) is 17.8 Å². The van der Waals surface area contributed by atoms with Gasteiger partial charge in [-0.2, -0.15) is 0 Å². The summed E-state index contributed by atoms with van der Waals surface area (Å²) < 4.78 is 0. The zero-order chi connectivity index (χ0) is 10.8. The molecular formula is C12H18O3. The summed E-state index contributed by atoms with van der Waals surface area (Å²) in [7, 11) is 0. The maximum atomic E-state index is 11.6. The number of fused-ring (bicyclic) bond motifs is 1. The highest BCUT2D eigenvalue weighted by atomic mass is 16.2. The van der Waals surface area contributed by atoms with Crippen LogP contribution >= 0.6 is 0 Å². The molecule has 0 aromatic rings. The fourth-order valence-electron chi connectivity index (χ4n) is 3.16. The van der Waals surface area contributed by atoms with Gasteiger partial charge in [-0.3, -0.25) is 9.59 Å². The van der Waals surface area contributed by atoms with Crippen LogP contribution in [-0.2, 0) is 9.59 Å². The molecule has 0 amide bonds. The monoisotopic (exact) mass is 210 g/mol. The molecule has 84 valence electrons. The summed E-state index contributed by atoms with van der Waals surface area (Å²) in [6.45, 7) is 0.211. The molecule has 2 fully saturated rings. The number of rotatable bonds is 4. The normalized spacial score (nSPS) is 34.9. The Kier molecular flexibility index (Phi) is 3.19. The van der Waals surface area contributed by atoms with E-state index in [1.54, 1.807) is 0 Å². The van der Waals surface area contributed by atoms with Crippen molar-refractivity contribution < 1.29 is 14.7 Å². The predicted octanol–water partition coefficient (Wildman–Crippen LogP) is 1.33. The smallest absolute Gasteiger partial charge is 0.137 e. The highest BCUT2D eigenvalue weighted by molar-refractivity contribution is 5.96. The van der Waals surface area contributed by atoms with Gasteiger partial charge < -0.3 is 5.11 Å². The lowest BCUT2D eigenvalue weighted by atomic mass is 9.87. The molecule has 0 bridgehead atoms. The minimum absolute atomic E-state index is 0.0381. The first-order valence-electron chi connectivity index (χ1n) is 5.90. The number of aliphatic hydroxyl groups is 1.